The second-order valence-electron chi connectivity index (χ2n) is 4.50. The molecule has 7 heteroatoms. The average Bonchev–Trinajstić information content (AvgIpc) is 2.41. The molecule has 120 valence electrons. The first-order valence-electron chi connectivity index (χ1n) is 6.59. The second-order valence-corrected chi connectivity index (χ2v) is 6.51. The molecule has 0 aromatic heterocycles. The van der Waals surface area contributed by atoms with Crippen LogP contribution in [0.1, 0.15) is 17.9 Å². The van der Waals surface area contributed by atoms with Crippen molar-refractivity contribution in [2.45, 2.75) is 17.8 Å². The number of hydrogen-bond donors (Lipinski definition) is 1. The van der Waals surface area contributed by atoms with Gasteiger partial charge in [-0.3, -0.25) is 0 Å². The summed E-state index contributed by atoms with van der Waals surface area (Å²) in [4.78, 5) is 0. The first-order chi connectivity index (χ1) is 9.94. The van der Waals surface area contributed by atoms with E-state index in [0.29, 0.717) is 26.1 Å². The molecule has 1 N–H and O–H groups in total. The van der Waals surface area contributed by atoms with E-state index >= 15 is 0 Å². The summed E-state index contributed by atoms with van der Waals surface area (Å²) in [5.41, 5.74) is -3.13. The Morgan fingerprint density at radius 1 is 1.33 bits per heavy atom. The molecule has 0 saturated heterocycles. The van der Waals surface area contributed by atoms with Crippen molar-refractivity contribution in [3.8, 4) is 0 Å². The molecule has 0 radical (unpaired) electrons. The fraction of sp³-hybridized carbons (Fsp3) is 0.571. The predicted octanol–water partition coefficient (Wildman–Crippen LogP) is 4.41. The molecule has 0 spiro atoms. The number of alkyl halides is 3. The Morgan fingerprint density at radius 3 is 2.67 bits per heavy atom. The fourth-order valence-corrected chi connectivity index (χ4v) is 3.18. The lowest BCUT2D eigenvalue weighted by atomic mass is 9.96. The summed E-state index contributed by atoms with van der Waals surface area (Å²) in [6.07, 6.45) is 0.465. The number of ether oxygens (including phenoxy) is 1. The van der Waals surface area contributed by atoms with Gasteiger partial charge in [-0.25, -0.2) is 0 Å². The molecule has 0 fully saturated rings. The first kappa shape index (κ1) is 18.8. The van der Waals surface area contributed by atoms with Crippen molar-refractivity contribution in [2.24, 2.45) is 0 Å². The number of methoxy groups -OCH3 is 1. The molecule has 1 unspecified atom stereocenters. The van der Waals surface area contributed by atoms with Crippen LogP contribution in [0.5, 0.6) is 0 Å². The Morgan fingerprint density at radius 2 is 2.05 bits per heavy atom. The van der Waals surface area contributed by atoms with Gasteiger partial charge in [-0.15, -0.1) is 0 Å². The van der Waals surface area contributed by atoms with Crippen LogP contribution < -0.4 is 5.32 Å². The van der Waals surface area contributed by atoms with Gasteiger partial charge in [0.1, 0.15) is 0 Å². The van der Waals surface area contributed by atoms with Crippen LogP contribution in [0.4, 0.5) is 13.2 Å². The summed E-state index contributed by atoms with van der Waals surface area (Å²) in [5.74, 6) is 0.0915. The Bertz CT molecular complexity index is 417. The van der Waals surface area contributed by atoms with Crippen molar-refractivity contribution in [3.63, 3.8) is 0 Å². The Kier molecular flexibility index (Phi) is 8.70. The number of benzene rings is 1. The largest absolute Gasteiger partial charge is 0.441 e. The van der Waals surface area contributed by atoms with Gasteiger partial charge in [-0.05, 0) is 24.0 Å². The van der Waals surface area contributed by atoms with Crippen LogP contribution in [0.25, 0.3) is 0 Å². The molecular weight excluding hydrogens is 367 g/mol. The molecule has 1 rings (SSSR count). The zero-order valence-electron chi connectivity index (χ0n) is 11.8. The van der Waals surface area contributed by atoms with Gasteiger partial charge < -0.3 is 10.1 Å². The summed E-state index contributed by atoms with van der Waals surface area (Å²) in [6.45, 7) is 1.90. The van der Waals surface area contributed by atoms with Gasteiger partial charge in [0.2, 0.25) is 0 Å². The third-order valence-electron chi connectivity index (χ3n) is 2.95. The van der Waals surface area contributed by atoms with Gasteiger partial charge in [-0.1, -0.05) is 45.9 Å². The normalized spacial score (nSPS) is 13.4. The molecule has 21 heavy (non-hydrogen) atoms. The van der Waals surface area contributed by atoms with Crippen molar-refractivity contribution in [2.75, 3.05) is 32.6 Å². The number of nitrogens with one attached hydrogen (secondary N) is 1. The molecule has 1 aromatic rings. The van der Waals surface area contributed by atoms with Gasteiger partial charge in [0.25, 0.3) is 0 Å². The minimum Gasteiger partial charge on any atom is -0.383 e. The van der Waals surface area contributed by atoms with Crippen molar-refractivity contribution in [1.29, 1.82) is 0 Å². The van der Waals surface area contributed by atoms with Crippen LogP contribution in [0, 0.1) is 0 Å². The molecule has 0 aliphatic rings. The summed E-state index contributed by atoms with van der Waals surface area (Å²) >= 11 is 3.51. The van der Waals surface area contributed by atoms with E-state index in [1.165, 1.54) is 0 Å². The van der Waals surface area contributed by atoms with Crippen LogP contribution >= 0.6 is 27.7 Å². The smallest absolute Gasteiger partial charge is 0.383 e. The fourth-order valence-electron chi connectivity index (χ4n) is 1.94. The van der Waals surface area contributed by atoms with Crippen molar-refractivity contribution in [1.82, 2.24) is 5.32 Å². The first-order valence-corrected chi connectivity index (χ1v) is 8.36. The highest BCUT2D eigenvalue weighted by Crippen LogP contribution is 2.34. The van der Waals surface area contributed by atoms with Crippen molar-refractivity contribution >= 4 is 27.7 Å². The van der Waals surface area contributed by atoms with Crippen molar-refractivity contribution < 1.29 is 17.9 Å². The second kappa shape index (κ2) is 9.71. The zero-order chi connectivity index (χ0) is 15.7. The van der Waals surface area contributed by atoms with Gasteiger partial charge in [0, 0.05) is 30.4 Å². The number of halogens is 4. The maximum Gasteiger partial charge on any atom is 0.441 e. The van der Waals surface area contributed by atoms with E-state index < -0.39 is 5.51 Å². The molecule has 0 aliphatic carbocycles. The monoisotopic (exact) mass is 385 g/mol. The molecule has 0 aliphatic heterocycles. The Labute approximate surface area is 136 Å². The highest BCUT2D eigenvalue weighted by atomic mass is 79.9. The summed E-state index contributed by atoms with van der Waals surface area (Å²) in [6, 6.07) is 7.66. The van der Waals surface area contributed by atoms with Crippen LogP contribution in [-0.4, -0.2) is 38.1 Å². The minimum absolute atomic E-state index is 0.0345. The average molecular weight is 386 g/mol. The molecule has 1 aromatic carbocycles. The van der Waals surface area contributed by atoms with E-state index in [1.807, 2.05) is 24.3 Å². The van der Waals surface area contributed by atoms with Crippen LogP contribution in [0.2, 0.25) is 0 Å². The lowest BCUT2D eigenvalue weighted by Gasteiger charge is -2.19. The summed E-state index contributed by atoms with van der Waals surface area (Å²) < 4.78 is 42.7. The minimum atomic E-state index is -4.16. The molecule has 0 bridgehead atoms. The predicted molar refractivity (Wildman–Crippen MR) is 84.8 cm³/mol. The summed E-state index contributed by atoms with van der Waals surface area (Å²) in [5, 5.41) is 3.22. The maximum absolute atomic E-state index is 12.3. The van der Waals surface area contributed by atoms with Crippen LogP contribution in [0.3, 0.4) is 0 Å². The molecule has 0 heterocycles. The third-order valence-corrected chi connectivity index (χ3v) is 4.44. The van der Waals surface area contributed by atoms with E-state index in [1.54, 1.807) is 7.11 Å². The van der Waals surface area contributed by atoms with Gasteiger partial charge >= 0.3 is 5.51 Å². The van der Waals surface area contributed by atoms with Gasteiger partial charge in [0.05, 0.1) is 6.61 Å². The molecule has 0 saturated carbocycles. The molecule has 2 nitrogen and oxygen atoms in total. The zero-order valence-corrected chi connectivity index (χ0v) is 14.2. The summed E-state index contributed by atoms with van der Waals surface area (Å²) in [7, 11) is 1.62. The van der Waals surface area contributed by atoms with E-state index in [0.717, 1.165) is 10.0 Å². The van der Waals surface area contributed by atoms with Crippen molar-refractivity contribution in [3.05, 3.63) is 34.3 Å². The van der Waals surface area contributed by atoms with Crippen LogP contribution in [0.15, 0.2) is 28.7 Å². The quantitative estimate of drug-likeness (QED) is 0.636. The lowest BCUT2D eigenvalue weighted by Crippen LogP contribution is -2.26. The van der Waals surface area contributed by atoms with E-state index in [4.69, 9.17) is 4.74 Å². The molecular formula is C14H19BrF3NOS. The molecule has 1 atom stereocenters. The van der Waals surface area contributed by atoms with E-state index in [2.05, 4.69) is 21.2 Å². The van der Waals surface area contributed by atoms with Gasteiger partial charge in [-0.2, -0.15) is 13.2 Å². The Hall–Kier alpha value is -0.240. The highest BCUT2D eigenvalue weighted by molar-refractivity contribution is 9.10. The molecule has 0 amide bonds. The van der Waals surface area contributed by atoms with E-state index in [-0.39, 0.29) is 23.4 Å². The highest BCUT2D eigenvalue weighted by Gasteiger charge is 2.28. The number of thioether (sulfide) groups is 1. The lowest BCUT2D eigenvalue weighted by molar-refractivity contribution is -0.0328. The number of rotatable bonds is 9. The van der Waals surface area contributed by atoms with Gasteiger partial charge in [0.15, 0.2) is 0 Å². The third kappa shape index (κ3) is 8.09. The topological polar surface area (TPSA) is 21.3 Å². The number of hydrogen-bond acceptors (Lipinski definition) is 3. The van der Waals surface area contributed by atoms with E-state index in [9.17, 15) is 13.2 Å². The SMILES string of the molecule is COCCNCC(CCSC(F)(F)F)c1ccccc1Br. The van der Waals surface area contributed by atoms with Crippen LogP contribution in [-0.2, 0) is 4.74 Å². The standard InChI is InChI=1S/C14H19BrF3NOS/c1-20-8-7-19-10-11(6-9-21-14(16,17)18)12-4-2-3-5-13(12)15/h2-5,11,19H,6-10H2,1H3. The maximum atomic E-state index is 12.3. The Balaban J connectivity index is 2.59.